The largest absolute Gasteiger partial charge is 0.390 e. The average Bonchev–Trinajstić information content (AvgIpc) is 2.31. The van der Waals surface area contributed by atoms with Gasteiger partial charge in [-0.1, -0.05) is 37.3 Å². The van der Waals surface area contributed by atoms with Crippen LogP contribution in [0.3, 0.4) is 0 Å². The highest BCUT2D eigenvalue weighted by Gasteiger charge is 2.01. The van der Waals surface area contributed by atoms with Crippen LogP contribution in [-0.4, -0.2) is 17.8 Å². The molecule has 1 aromatic carbocycles. The van der Waals surface area contributed by atoms with Crippen LogP contribution in [0.5, 0.6) is 0 Å². The Morgan fingerprint density at radius 1 is 1.25 bits per heavy atom. The van der Waals surface area contributed by atoms with E-state index in [0.29, 0.717) is 19.6 Å². The maximum atomic E-state index is 9.53. The van der Waals surface area contributed by atoms with Crippen molar-refractivity contribution in [3.05, 3.63) is 35.9 Å². The number of hydrogen-bond donors (Lipinski definition) is 1. The molecule has 86 valence electrons. The Hall–Kier alpha value is -1.30. The molecule has 16 heavy (non-hydrogen) atoms. The lowest BCUT2D eigenvalue weighted by Crippen LogP contribution is -2.14. The van der Waals surface area contributed by atoms with Crippen molar-refractivity contribution in [2.45, 2.75) is 32.5 Å². The van der Waals surface area contributed by atoms with E-state index in [4.69, 9.17) is 4.74 Å². The van der Waals surface area contributed by atoms with Gasteiger partial charge in [0.25, 0.3) is 0 Å². The molecule has 0 heterocycles. The van der Waals surface area contributed by atoms with Crippen molar-refractivity contribution in [1.29, 1.82) is 0 Å². The van der Waals surface area contributed by atoms with Crippen molar-refractivity contribution < 1.29 is 9.84 Å². The summed E-state index contributed by atoms with van der Waals surface area (Å²) in [6.45, 7) is 2.87. The summed E-state index contributed by atoms with van der Waals surface area (Å²) in [7, 11) is 0. The quantitative estimate of drug-likeness (QED) is 0.769. The molecule has 1 aromatic rings. The normalized spacial score (nSPS) is 11.6. The van der Waals surface area contributed by atoms with Crippen LogP contribution < -0.4 is 0 Å². The fraction of sp³-hybridized carbons (Fsp3) is 0.429. The van der Waals surface area contributed by atoms with E-state index < -0.39 is 6.10 Å². The maximum Gasteiger partial charge on any atom is 0.0882 e. The molecule has 0 saturated carbocycles. The zero-order valence-corrected chi connectivity index (χ0v) is 9.65. The minimum atomic E-state index is -0.484. The van der Waals surface area contributed by atoms with Crippen LogP contribution in [0.15, 0.2) is 30.3 Å². The third kappa shape index (κ3) is 5.55. The molecule has 0 aliphatic rings. The van der Waals surface area contributed by atoms with E-state index >= 15 is 0 Å². The van der Waals surface area contributed by atoms with Gasteiger partial charge >= 0.3 is 0 Å². The van der Waals surface area contributed by atoms with Crippen molar-refractivity contribution in [2.75, 3.05) is 6.61 Å². The van der Waals surface area contributed by atoms with Gasteiger partial charge in [0.15, 0.2) is 0 Å². The van der Waals surface area contributed by atoms with Gasteiger partial charge in [-0.25, -0.2) is 0 Å². The van der Waals surface area contributed by atoms with E-state index in [1.165, 1.54) is 0 Å². The summed E-state index contributed by atoms with van der Waals surface area (Å²) in [6, 6.07) is 9.93. The van der Waals surface area contributed by atoms with E-state index in [-0.39, 0.29) is 0 Å². The number of rotatable bonds is 5. The Bertz CT molecular complexity index is 335. The van der Waals surface area contributed by atoms with Crippen molar-refractivity contribution in [3.8, 4) is 11.8 Å². The third-order valence-electron chi connectivity index (χ3n) is 2.06. The summed E-state index contributed by atoms with van der Waals surface area (Å²) < 4.78 is 5.39. The topological polar surface area (TPSA) is 29.5 Å². The molecular weight excluding hydrogens is 200 g/mol. The molecule has 2 nitrogen and oxygen atoms in total. The summed E-state index contributed by atoms with van der Waals surface area (Å²) in [4.78, 5) is 0. The Morgan fingerprint density at radius 2 is 2.00 bits per heavy atom. The Balaban J connectivity index is 2.15. The second kappa shape index (κ2) is 7.92. The van der Waals surface area contributed by atoms with Crippen molar-refractivity contribution in [1.82, 2.24) is 0 Å². The van der Waals surface area contributed by atoms with Gasteiger partial charge in [0.2, 0.25) is 0 Å². The van der Waals surface area contributed by atoms with Gasteiger partial charge in [-0.2, -0.15) is 0 Å². The van der Waals surface area contributed by atoms with Crippen molar-refractivity contribution in [3.63, 3.8) is 0 Å². The third-order valence-corrected chi connectivity index (χ3v) is 2.06. The average molecular weight is 218 g/mol. The highest BCUT2D eigenvalue weighted by Crippen LogP contribution is 2.01. The van der Waals surface area contributed by atoms with E-state index in [1.54, 1.807) is 0 Å². The van der Waals surface area contributed by atoms with Gasteiger partial charge < -0.3 is 9.84 Å². The second-order valence-electron chi connectivity index (χ2n) is 3.57. The first-order chi connectivity index (χ1) is 7.83. The summed E-state index contributed by atoms with van der Waals surface area (Å²) in [5.74, 6) is 5.83. The Kier molecular flexibility index (Phi) is 6.32. The highest BCUT2D eigenvalue weighted by atomic mass is 16.5. The van der Waals surface area contributed by atoms with Crippen LogP contribution in [0.4, 0.5) is 0 Å². The second-order valence-corrected chi connectivity index (χ2v) is 3.57. The van der Waals surface area contributed by atoms with Crippen LogP contribution in [-0.2, 0) is 11.3 Å². The molecule has 0 aliphatic heterocycles. The first kappa shape index (κ1) is 12.8. The minimum absolute atomic E-state index is 0.341. The van der Waals surface area contributed by atoms with E-state index in [9.17, 15) is 5.11 Å². The first-order valence-electron chi connectivity index (χ1n) is 5.58. The summed E-state index contributed by atoms with van der Waals surface area (Å²) >= 11 is 0. The smallest absolute Gasteiger partial charge is 0.0882 e. The molecule has 0 spiro atoms. The zero-order valence-electron chi connectivity index (χ0n) is 9.65. The van der Waals surface area contributed by atoms with Crippen molar-refractivity contribution in [2.24, 2.45) is 0 Å². The van der Waals surface area contributed by atoms with Gasteiger partial charge in [0.1, 0.15) is 0 Å². The van der Waals surface area contributed by atoms with E-state index in [1.807, 2.05) is 37.3 Å². The van der Waals surface area contributed by atoms with E-state index in [2.05, 4.69) is 11.8 Å². The van der Waals surface area contributed by atoms with E-state index in [0.717, 1.165) is 12.0 Å². The van der Waals surface area contributed by atoms with Crippen LogP contribution in [0.25, 0.3) is 0 Å². The lowest BCUT2D eigenvalue weighted by atomic mass is 10.2. The molecular formula is C14H18O2. The molecule has 2 heteroatoms. The molecule has 0 aromatic heterocycles. The molecule has 1 rings (SSSR count). The number of aliphatic hydroxyl groups is 1. The van der Waals surface area contributed by atoms with Crippen LogP contribution in [0.1, 0.15) is 25.3 Å². The molecule has 0 amide bonds. The fourth-order valence-corrected chi connectivity index (χ4v) is 1.26. The predicted octanol–water partition coefficient (Wildman–Crippen LogP) is 2.37. The van der Waals surface area contributed by atoms with Crippen molar-refractivity contribution >= 4 is 0 Å². The molecule has 0 aliphatic carbocycles. The monoisotopic (exact) mass is 218 g/mol. The van der Waals surface area contributed by atoms with Crippen LogP contribution in [0, 0.1) is 11.8 Å². The minimum Gasteiger partial charge on any atom is -0.390 e. The fourth-order valence-electron chi connectivity index (χ4n) is 1.26. The maximum absolute atomic E-state index is 9.53. The van der Waals surface area contributed by atoms with Gasteiger partial charge in [-0.15, -0.1) is 11.8 Å². The molecule has 0 bridgehead atoms. The SMILES string of the molecule is CCC#CC[C@@H](O)COCc1ccccc1. The summed E-state index contributed by atoms with van der Waals surface area (Å²) in [6.07, 6.45) is 0.836. The van der Waals surface area contributed by atoms with Crippen LogP contribution in [0.2, 0.25) is 0 Å². The number of ether oxygens (including phenoxy) is 1. The van der Waals surface area contributed by atoms with Gasteiger partial charge in [0.05, 0.1) is 19.3 Å². The summed E-state index contributed by atoms with van der Waals surface area (Å²) in [5.41, 5.74) is 1.12. The molecule has 0 saturated heterocycles. The Morgan fingerprint density at radius 3 is 2.69 bits per heavy atom. The molecule has 1 atom stereocenters. The first-order valence-corrected chi connectivity index (χ1v) is 5.58. The van der Waals surface area contributed by atoms with Crippen LogP contribution >= 0.6 is 0 Å². The lowest BCUT2D eigenvalue weighted by Gasteiger charge is -2.08. The molecule has 0 fully saturated rings. The molecule has 0 radical (unpaired) electrons. The van der Waals surface area contributed by atoms with Gasteiger partial charge in [0, 0.05) is 12.8 Å². The molecule has 0 unspecified atom stereocenters. The zero-order chi connectivity index (χ0) is 11.6. The lowest BCUT2D eigenvalue weighted by molar-refractivity contribution is 0.0311. The number of aliphatic hydroxyl groups excluding tert-OH is 1. The van der Waals surface area contributed by atoms with Gasteiger partial charge in [-0.05, 0) is 5.56 Å². The molecule has 1 N–H and O–H groups in total. The predicted molar refractivity (Wildman–Crippen MR) is 64.8 cm³/mol. The highest BCUT2D eigenvalue weighted by molar-refractivity contribution is 5.13. The number of hydrogen-bond acceptors (Lipinski definition) is 2. The Labute approximate surface area is 97.3 Å². The standard InChI is InChI=1S/C14H18O2/c1-2-3-5-10-14(15)12-16-11-13-8-6-4-7-9-13/h4,6-9,14-15H,2,10-12H2,1H3/t14-/m1/s1. The van der Waals surface area contributed by atoms with Gasteiger partial charge in [-0.3, -0.25) is 0 Å². The summed E-state index contributed by atoms with van der Waals surface area (Å²) in [5, 5.41) is 9.53. The number of benzene rings is 1.